The SMILES string of the molecule is CCC(CC)c1cc(CNC(=NC)N(C)Cc2ncc(-c3ccccc3)[nH]2)on1.I. The van der Waals surface area contributed by atoms with Crippen LogP contribution in [-0.4, -0.2) is 40.1 Å². The Bertz CT molecular complexity index is 917. The maximum atomic E-state index is 5.49. The first kappa shape index (κ1) is 23.9. The molecule has 0 bridgehead atoms. The molecule has 0 amide bonds. The Morgan fingerprint density at radius 2 is 1.97 bits per heavy atom. The number of benzene rings is 1. The number of halogens is 1. The zero-order valence-corrected chi connectivity index (χ0v) is 20.4. The van der Waals surface area contributed by atoms with Crippen molar-refractivity contribution in [2.75, 3.05) is 14.1 Å². The van der Waals surface area contributed by atoms with Crippen LogP contribution in [0.15, 0.2) is 52.1 Å². The van der Waals surface area contributed by atoms with Gasteiger partial charge in [0.1, 0.15) is 5.82 Å². The van der Waals surface area contributed by atoms with Crippen LogP contribution >= 0.6 is 24.0 Å². The Hall–Kier alpha value is -2.36. The van der Waals surface area contributed by atoms with Gasteiger partial charge in [-0.05, 0) is 18.4 Å². The number of hydrogen-bond donors (Lipinski definition) is 2. The number of guanidine groups is 1. The summed E-state index contributed by atoms with van der Waals surface area (Å²) < 4.78 is 5.49. The van der Waals surface area contributed by atoms with Gasteiger partial charge in [-0.1, -0.05) is 49.3 Å². The van der Waals surface area contributed by atoms with E-state index < -0.39 is 0 Å². The summed E-state index contributed by atoms with van der Waals surface area (Å²) in [6.07, 6.45) is 3.99. The summed E-state index contributed by atoms with van der Waals surface area (Å²) in [4.78, 5) is 14.3. The van der Waals surface area contributed by atoms with Crippen LogP contribution in [0.5, 0.6) is 0 Å². The fourth-order valence-corrected chi connectivity index (χ4v) is 3.37. The predicted molar refractivity (Wildman–Crippen MR) is 131 cm³/mol. The van der Waals surface area contributed by atoms with Crippen LogP contribution < -0.4 is 5.32 Å². The maximum Gasteiger partial charge on any atom is 0.194 e. The summed E-state index contributed by atoms with van der Waals surface area (Å²) in [6.45, 7) is 5.50. The number of aromatic nitrogens is 3. The van der Waals surface area contributed by atoms with Crippen LogP contribution in [-0.2, 0) is 13.1 Å². The fraction of sp³-hybridized carbons (Fsp3) is 0.409. The average molecular weight is 522 g/mol. The lowest BCUT2D eigenvalue weighted by Crippen LogP contribution is -2.38. The second-order valence-corrected chi connectivity index (χ2v) is 7.10. The lowest BCUT2D eigenvalue weighted by molar-refractivity contribution is 0.365. The van der Waals surface area contributed by atoms with Gasteiger partial charge in [-0.15, -0.1) is 24.0 Å². The van der Waals surface area contributed by atoms with E-state index >= 15 is 0 Å². The molecule has 7 nitrogen and oxygen atoms in total. The largest absolute Gasteiger partial charge is 0.359 e. The van der Waals surface area contributed by atoms with Crippen molar-refractivity contribution in [1.82, 2.24) is 25.3 Å². The van der Waals surface area contributed by atoms with Crippen molar-refractivity contribution < 1.29 is 4.52 Å². The summed E-state index contributed by atoms with van der Waals surface area (Å²) in [7, 11) is 3.75. The van der Waals surface area contributed by atoms with E-state index in [2.05, 4.69) is 51.4 Å². The van der Waals surface area contributed by atoms with Gasteiger partial charge in [0.15, 0.2) is 11.7 Å². The third kappa shape index (κ3) is 6.07. The average Bonchev–Trinajstić information content (AvgIpc) is 3.40. The third-order valence-corrected chi connectivity index (χ3v) is 5.08. The van der Waals surface area contributed by atoms with Crippen LogP contribution in [0.25, 0.3) is 11.3 Å². The van der Waals surface area contributed by atoms with Gasteiger partial charge >= 0.3 is 0 Å². The van der Waals surface area contributed by atoms with Crippen molar-refractivity contribution in [2.45, 2.75) is 45.7 Å². The summed E-state index contributed by atoms with van der Waals surface area (Å²) in [5, 5.41) is 7.56. The van der Waals surface area contributed by atoms with E-state index in [0.29, 0.717) is 19.0 Å². The normalized spacial score (nSPS) is 11.4. The highest BCUT2D eigenvalue weighted by Crippen LogP contribution is 2.22. The minimum absolute atomic E-state index is 0. The number of aliphatic imine (C=N–C) groups is 1. The van der Waals surface area contributed by atoms with E-state index in [4.69, 9.17) is 4.52 Å². The van der Waals surface area contributed by atoms with E-state index in [1.54, 1.807) is 7.05 Å². The van der Waals surface area contributed by atoms with Crippen LogP contribution in [0.3, 0.4) is 0 Å². The molecule has 0 spiro atoms. The fourth-order valence-electron chi connectivity index (χ4n) is 3.37. The molecule has 30 heavy (non-hydrogen) atoms. The molecule has 0 aliphatic carbocycles. The van der Waals surface area contributed by atoms with E-state index in [1.165, 1.54) is 0 Å². The molecule has 1 aromatic carbocycles. The summed E-state index contributed by atoms with van der Waals surface area (Å²) >= 11 is 0. The molecule has 0 atom stereocenters. The zero-order valence-electron chi connectivity index (χ0n) is 18.1. The number of H-pyrrole nitrogens is 1. The molecule has 162 valence electrons. The standard InChI is InChI=1S/C22H30N6O.HI/c1-5-16(6-2)19-12-18(29-27-19)13-25-22(23-3)28(4)15-21-24-14-20(26-21)17-10-8-7-9-11-17;/h7-12,14,16H,5-6,13,15H2,1-4H3,(H,23,25)(H,24,26);1H. The van der Waals surface area contributed by atoms with Crippen molar-refractivity contribution in [3.8, 4) is 11.3 Å². The highest BCUT2D eigenvalue weighted by atomic mass is 127. The summed E-state index contributed by atoms with van der Waals surface area (Å²) in [5.41, 5.74) is 3.15. The van der Waals surface area contributed by atoms with Crippen molar-refractivity contribution in [1.29, 1.82) is 0 Å². The number of nitrogens with zero attached hydrogens (tertiary/aromatic N) is 4. The summed E-state index contributed by atoms with van der Waals surface area (Å²) in [5.74, 6) is 2.91. The first-order valence-corrected chi connectivity index (χ1v) is 10.1. The first-order valence-electron chi connectivity index (χ1n) is 10.1. The molecule has 8 heteroatoms. The van der Waals surface area contributed by atoms with Crippen molar-refractivity contribution in [2.24, 2.45) is 4.99 Å². The van der Waals surface area contributed by atoms with Crippen molar-refractivity contribution >= 4 is 29.9 Å². The molecule has 0 unspecified atom stereocenters. The molecule has 0 saturated heterocycles. The summed E-state index contributed by atoms with van der Waals surface area (Å²) in [6, 6.07) is 12.2. The Morgan fingerprint density at radius 1 is 1.23 bits per heavy atom. The first-order chi connectivity index (χ1) is 14.1. The molecule has 2 N–H and O–H groups in total. The second-order valence-electron chi connectivity index (χ2n) is 7.10. The monoisotopic (exact) mass is 522 g/mol. The van der Waals surface area contributed by atoms with Crippen LogP contribution in [0.4, 0.5) is 0 Å². The molecule has 0 saturated carbocycles. The molecular weight excluding hydrogens is 491 g/mol. The highest BCUT2D eigenvalue weighted by Gasteiger charge is 2.14. The van der Waals surface area contributed by atoms with Crippen LogP contribution in [0, 0.1) is 0 Å². The highest BCUT2D eigenvalue weighted by molar-refractivity contribution is 14.0. The zero-order chi connectivity index (χ0) is 20.6. The van der Waals surface area contributed by atoms with E-state index in [1.807, 2.05) is 42.4 Å². The molecule has 2 heterocycles. The van der Waals surface area contributed by atoms with Gasteiger partial charge in [-0.3, -0.25) is 4.99 Å². The Kier molecular flexibility index (Phi) is 9.35. The van der Waals surface area contributed by atoms with Gasteiger partial charge in [-0.2, -0.15) is 0 Å². The molecule has 0 fully saturated rings. The molecule has 0 aliphatic heterocycles. The van der Waals surface area contributed by atoms with Crippen LogP contribution in [0.2, 0.25) is 0 Å². The van der Waals surface area contributed by atoms with Gasteiger partial charge in [0.05, 0.1) is 30.7 Å². The maximum absolute atomic E-state index is 5.49. The molecule has 0 aliphatic rings. The minimum atomic E-state index is 0. The number of nitrogens with one attached hydrogen (secondary N) is 2. The van der Waals surface area contributed by atoms with E-state index in [9.17, 15) is 0 Å². The molecule has 3 rings (SSSR count). The predicted octanol–water partition coefficient (Wildman–Crippen LogP) is 4.79. The third-order valence-electron chi connectivity index (χ3n) is 5.08. The Balaban J connectivity index is 0.00000320. The van der Waals surface area contributed by atoms with E-state index in [0.717, 1.165) is 47.3 Å². The van der Waals surface area contributed by atoms with E-state index in [-0.39, 0.29) is 24.0 Å². The number of hydrogen-bond acceptors (Lipinski definition) is 4. The number of aromatic amines is 1. The lowest BCUT2D eigenvalue weighted by Gasteiger charge is -2.20. The second kappa shape index (κ2) is 11.7. The van der Waals surface area contributed by atoms with Crippen molar-refractivity contribution in [3.63, 3.8) is 0 Å². The number of rotatable bonds is 8. The quantitative estimate of drug-likeness (QED) is 0.253. The van der Waals surface area contributed by atoms with Gasteiger partial charge in [0.2, 0.25) is 0 Å². The molecule has 3 aromatic rings. The molecule has 0 radical (unpaired) electrons. The smallest absolute Gasteiger partial charge is 0.194 e. The van der Waals surface area contributed by atoms with Gasteiger partial charge in [-0.25, -0.2) is 4.98 Å². The molecule has 2 aromatic heterocycles. The van der Waals surface area contributed by atoms with Gasteiger partial charge in [0, 0.05) is 26.1 Å². The van der Waals surface area contributed by atoms with Gasteiger partial charge < -0.3 is 19.7 Å². The number of imidazole rings is 1. The lowest BCUT2D eigenvalue weighted by atomic mass is 9.99. The van der Waals surface area contributed by atoms with Crippen LogP contribution in [0.1, 0.15) is 49.9 Å². The van der Waals surface area contributed by atoms with Gasteiger partial charge in [0.25, 0.3) is 0 Å². The molecular formula is C22H31IN6O. The minimum Gasteiger partial charge on any atom is -0.359 e. The Morgan fingerprint density at radius 3 is 2.63 bits per heavy atom. The topological polar surface area (TPSA) is 82.3 Å². The van der Waals surface area contributed by atoms with Crippen molar-refractivity contribution in [3.05, 3.63) is 59.9 Å². The Labute approximate surface area is 195 Å².